The SMILES string of the molecule is O=C(Nc1ccccc1[N+](=O)[O-])c1ccc(N2CCOCC2)nn1. The van der Waals surface area contributed by atoms with Crippen molar-refractivity contribution in [2.75, 3.05) is 36.5 Å². The van der Waals surface area contributed by atoms with Gasteiger partial charge in [-0.15, -0.1) is 10.2 Å². The van der Waals surface area contributed by atoms with E-state index in [-0.39, 0.29) is 17.1 Å². The minimum atomic E-state index is -0.553. The predicted octanol–water partition coefficient (Wildman–Crippen LogP) is 1.47. The van der Waals surface area contributed by atoms with Crippen molar-refractivity contribution in [3.05, 3.63) is 52.2 Å². The van der Waals surface area contributed by atoms with Gasteiger partial charge in [0.05, 0.1) is 18.1 Å². The molecule has 0 atom stereocenters. The van der Waals surface area contributed by atoms with Gasteiger partial charge in [0.2, 0.25) is 0 Å². The smallest absolute Gasteiger partial charge is 0.292 e. The first-order chi connectivity index (χ1) is 11.6. The molecule has 0 radical (unpaired) electrons. The summed E-state index contributed by atoms with van der Waals surface area (Å²) in [4.78, 5) is 24.6. The van der Waals surface area contributed by atoms with Gasteiger partial charge in [-0.05, 0) is 18.2 Å². The molecule has 1 saturated heterocycles. The summed E-state index contributed by atoms with van der Waals surface area (Å²) >= 11 is 0. The molecule has 1 amide bonds. The van der Waals surface area contributed by atoms with E-state index in [1.165, 1.54) is 18.2 Å². The van der Waals surface area contributed by atoms with Crippen LogP contribution in [0.3, 0.4) is 0 Å². The fraction of sp³-hybridized carbons (Fsp3) is 0.267. The number of ether oxygens (including phenoxy) is 1. The van der Waals surface area contributed by atoms with E-state index in [1.54, 1.807) is 18.2 Å². The number of rotatable bonds is 4. The van der Waals surface area contributed by atoms with Crippen molar-refractivity contribution in [3.8, 4) is 0 Å². The number of nitro groups is 1. The van der Waals surface area contributed by atoms with Gasteiger partial charge in [0.25, 0.3) is 11.6 Å². The molecule has 9 nitrogen and oxygen atoms in total. The first-order valence-electron chi connectivity index (χ1n) is 7.36. The molecule has 24 heavy (non-hydrogen) atoms. The predicted molar refractivity (Wildman–Crippen MR) is 86.1 cm³/mol. The summed E-state index contributed by atoms with van der Waals surface area (Å²) in [5.74, 6) is 0.117. The highest BCUT2D eigenvalue weighted by atomic mass is 16.6. The molecular formula is C15H15N5O4. The Labute approximate surface area is 137 Å². The van der Waals surface area contributed by atoms with Crippen LogP contribution < -0.4 is 10.2 Å². The topological polar surface area (TPSA) is 110 Å². The Kier molecular flexibility index (Phi) is 4.62. The number of carbonyl (C=O) groups excluding carboxylic acids is 1. The first kappa shape index (κ1) is 15.8. The lowest BCUT2D eigenvalue weighted by atomic mass is 10.2. The van der Waals surface area contributed by atoms with E-state index in [2.05, 4.69) is 15.5 Å². The number of aromatic nitrogens is 2. The van der Waals surface area contributed by atoms with E-state index in [4.69, 9.17) is 4.74 Å². The van der Waals surface area contributed by atoms with Gasteiger partial charge in [0.15, 0.2) is 11.5 Å². The molecule has 1 N–H and O–H groups in total. The van der Waals surface area contributed by atoms with Crippen molar-refractivity contribution in [2.45, 2.75) is 0 Å². The van der Waals surface area contributed by atoms with E-state index in [1.807, 2.05) is 4.90 Å². The number of amides is 1. The van der Waals surface area contributed by atoms with Crippen molar-refractivity contribution in [1.82, 2.24) is 10.2 Å². The number of morpholine rings is 1. The lowest BCUT2D eigenvalue weighted by Gasteiger charge is -2.27. The van der Waals surface area contributed by atoms with Gasteiger partial charge in [-0.25, -0.2) is 0 Å². The molecule has 2 aromatic rings. The summed E-state index contributed by atoms with van der Waals surface area (Å²) in [6.07, 6.45) is 0. The van der Waals surface area contributed by atoms with Gasteiger partial charge in [0, 0.05) is 19.2 Å². The average molecular weight is 329 g/mol. The van der Waals surface area contributed by atoms with Crippen LogP contribution in [-0.2, 0) is 4.74 Å². The highest BCUT2D eigenvalue weighted by Gasteiger charge is 2.18. The number of benzene rings is 1. The number of hydrogen-bond donors (Lipinski definition) is 1. The number of nitrogens with zero attached hydrogens (tertiary/aromatic N) is 4. The fourth-order valence-electron chi connectivity index (χ4n) is 2.33. The summed E-state index contributed by atoms with van der Waals surface area (Å²) in [6, 6.07) is 9.17. The highest BCUT2D eigenvalue weighted by molar-refractivity contribution is 6.04. The molecule has 0 spiro atoms. The molecule has 124 valence electrons. The van der Waals surface area contributed by atoms with E-state index in [9.17, 15) is 14.9 Å². The van der Waals surface area contributed by atoms with Crippen LogP contribution in [0.4, 0.5) is 17.2 Å². The number of nitrogens with one attached hydrogen (secondary N) is 1. The Balaban J connectivity index is 1.72. The third kappa shape index (κ3) is 3.46. The fourth-order valence-corrected chi connectivity index (χ4v) is 2.33. The van der Waals surface area contributed by atoms with Crippen LogP contribution in [0.1, 0.15) is 10.5 Å². The number of nitro benzene ring substituents is 1. The van der Waals surface area contributed by atoms with Gasteiger partial charge in [-0.2, -0.15) is 0 Å². The Bertz CT molecular complexity index is 744. The Morgan fingerprint density at radius 3 is 2.58 bits per heavy atom. The molecule has 2 heterocycles. The molecule has 1 aliphatic rings. The molecule has 0 unspecified atom stereocenters. The normalized spacial score (nSPS) is 14.2. The summed E-state index contributed by atoms with van der Waals surface area (Å²) in [5, 5.41) is 21.4. The third-order valence-corrected chi connectivity index (χ3v) is 3.57. The Hall–Kier alpha value is -3.07. The van der Waals surface area contributed by atoms with E-state index in [0.29, 0.717) is 19.0 Å². The standard InChI is InChI=1S/C15H15N5O4/c21-15(16-11-3-1-2-4-13(11)20(22)23)12-5-6-14(18-17-12)19-7-9-24-10-8-19/h1-6H,7-10H2,(H,16,21). The quantitative estimate of drug-likeness (QED) is 0.668. The van der Waals surface area contributed by atoms with Crippen LogP contribution >= 0.6 is 0 Å². The molecule has 1 aliphatic heterocycles. The Morgan fingerprint density at radius 2 is 1.92 bits per heavy atom. The Morgan fingerprint density at radius 1 is 1.17 bits per heavy atom. The molecule has 0 saturated carbocycles. The zero-order chi connectivity index (χ0) is 16.9. The zero-order valence-electron chi connectivity index (χ0n) is 12.7. The first-order valence-corrected chi connectivity index (χ1v) is 7.36. The minimum absolute atomic E-state index is 0.0881. The van der Waals surface area contributed by atoms with Crippen LogP contribution in [0.5, 0.6) is 0 Å². The van der Waals surface area contributed by atoms with Crippen LogP contribution in [0.2, 0.25) is 0 Å². The van der Waals surface area contributed by atoms with Crippen LogP contribution in [0.15, 0.2) is 36.4 Å². The number of anilines is 2. The van der Waals surface area contributed by atoms with Crippen molar-refractivity contribution in [3.63, 3.8) is 0 Å². The molecule has 0 bridgehead atoms. The van der Waals surface area contributed by atoms with Gasteiger partial charge in [-0.1, -0.05) is 12.1 Å². The second-order valence-electron chi connectivity index (χ2n) is 5.10. The van der Waals surface area contributed by atoms with Crippen molar-refractivity contribution in [2.24, 2.45) is 0 Å². The second-order valence-corrected chi connectivity index (χ2v) is 5.10. The number of hydrogen-bond acceptors (Lipinski definition) is 7. The van der Waals surface area contributed by atoms with Crippen molar-refractivity contribution < 1.29 is 14.5 Å². The van der Waals surface area contributed by atoms with Gasteiger partial charge in [-0.3, -0.25) is 14.9 Å². The van der Waals surface area contributed by atoms with Crippen molar-refractivity contribution >= 4 is 23.1 Å². The molecule has 3 rings (SSSR count). The minimum Gasteiger partial charge on any atom is -0.378 e. The maximum absolute atomic E-state index is 12.2. The van der Waals surface area contributed by atoms with Crippen LogP contribution in [-0.4, -0.2) is 47.3 Å². The molecule has 1 aromatic heterocycles. The molecule has 1 fully saturated rings. The van der Waals surface area contributed by atoms with E-state index >= 15 is 0 Å². The maximum atomic E-state index is 12.2. The highest BCUT2D eigenvalue weighted by Crippen LogP contribution is 2.23. The lowest BCUT2D eigenvalue weighted by molar-refractivity contribution is -0.383. The summed E-state index contributed by atoms with van der Waals surface area (Å²) in [6.45, 7) is 2.69. The largest absolute Gasteiger partial charge is 0.378 e. The molecule has 1 aromatic carbocycles. The molecule has 9 heteroatoms. The monoisotopic (exact) mass is 329 g/mol. The molecular weight excluding hydrogens is 314 g/mol. The number of para-hydroxylation sites is 2. The summed E-state index contributed by atoms with van der Waals surface area (Å²) < 4.78 is 5.27. The van der Waals surface area contributed by atoms with Crippen LogP contribution in [0.25, 0.3) is 0 Å². The zero-order valence-corrected chi connectivity index (χ0v) is 12.7. The van der Waals surface area contributed by atoms with Gasteiger partial charge < -0.3 is 15.0 Å². The molecule has 0 aliphatic carbocycles. The summed E-state index contributed by atoms with van der Waals surface area (Å²) in [7, 11) is 0. The van der Waals surface area contributed by atoms with E-state index < -0.39 is 10.8 Å². The van der Waals surface area contributed by atoms with Crippen LogP contribution in [0, 0.1) is 10.1 Å². The number of carbonyl (C=O) groups is 1. The lowest BCUT2D eigenvalue weighted by Crippen LogP contribution is -2.37. The average Bonchev–Trinajstić information content (AvgIpc) is 2.63. The third-order valence-electron chi connectivity index (χ3n) is 3.57. The van der Waals surface area contributed by atoms with E-state index in [0.717, 1.165) is 13.1 Å². The maximum Gasteiger partial charge on any atom is 0.292 e. The van der Waals surface area contributed by atoms with Crippen molar-refractivity contribution in [1.29, 1.82) is 0 Å². The van der Waals surface area contributed by atoms with Gasteiger partial charge >= 0.3 is 0 Å². The second kappa shape index (κ2) is 7.01. The summed E-state index contributed by atoms with van der Waals surface area (Å²) in [5.41, 5.74) is 0.0282. The van der Waals surface area contributed by atoms with Gasteiger partial charge in [0.1, 0.15) is 5.69 Å².